The Bertz CT molecular complexity index is 165. The molecule has 0 aromatic heterocycles. The van der Waals surface area contributed by atoms with Gasteiger partial charge in [-0.1, -0.05) is 33.1 Å². The number of halogens is 4. The Hall–Kier alpha value is -0.280. The van der Waals surface area contributed by atoms with Crippen molar-refractivity contribution in [3.05, 3.63) is 0 Å². The SMILES string of the molecule is CC(C)(C1CCCCC1)C(F)(F)F.F. The molecule has 0 nitrogen and oxygen atoms in total. The summed E-state index contributed by atoms with van der Waals surface area (Å²) in [5.74, 6) is -0.166. The highest BCUT2D eigenvalue weighted by molar-refractivity contribution is 4.86. The molecular weight excluding hydrogens is 196 g/mol. The van der Waals surface area contributed by atoms with E-state index in [0.717, 1.165) is 32.1 Å². The van der Waals surface area contributed by atoms with Gasteiger partial charge in [-0.2, -0.15) is 13.2 Å². The molecule has 0 saturated heterocycles. The largest absolute Gasteiger partial charge is 0.394 e. The molecule has 1 aliphatic carbocycles. The third-order valence-corrected chi connectivity index (χ3v) is 3.36. The van der Waals surface area contributed by atoms with Crippen LogP contribution in [-0.4, -0.2) is 6.18 Å². The van der Waals surface area contributed by atoms with Gasteiger partial charge in [0.15, 0.2) is 0 Å². The summed E-state index contributed by atoms with van der Waals surface area (Å²) in [5, 5.41) is 0. The molecule has 0 atom stereocenters. The summed E-state index contributed by atoms with van der Waals surface area (Å²) in [6.45, 7) is 2.67. The third kappa shape index (κ3) is 2.61. The molecule has 1 saturated carbocycles. The maximum atomic E-state index is 12.6. The van der Waals surface area contributed by atoms with E-state index in [-0.39, 0.29) is 10.6 Å². The van der Waals surface area contributed by atoms with E-state index < -0.39 is 11.6 Å². The molecule has 4 heteroatoms. The van der Waals surface area contributed by atoms with Crippen LogP contribution in [0.1, 0.15) is 46.0 Å². The monoisotopic (exact) mass is 214 g/mol. The maximum absolute atomic E-state index is 12.6. The molecular formula is C10H18F4. The summed E-state index contributed by atoms with van der Waals surface area (Å²) in [7, 11) is 0. The van der Waals surface area contributed by atoms with Gasteiger partial charge in [0.25, 0.3) is 0 Å². The van der Waals surface area contributed by atoms with Crippen LogP contribution in [0.2, 0.25) is 0 Å². The van der Waals surface area contributed by atoms with Gasteiger partial charge < -0.3 is 0 Å². The zero-order valence-corrected chi connectivity index (χ0v) is 8.66. The summed E-state index contributed by atoms with van der Waals surface area (Å²) >= 11 is 0. The second-order valence-electron chi connectivity index (χ2n) is 4.55. The highest BCUT2D eigenvalue weighted by Gasteiger charge is 2.51. The molecule has 1 aliphatic rings. The topological polar surface area (TPSA) is 0 Å². The Kier molecular flexibility index (Phi) is 4.40. The Balaban J connectivity index is 0.00000169. The summed E-state index contributed by atoms with van der Waals surface area (Å²) in [6, 6.07) is 0. The lowest BCUT2D eigenvalue weighted by Gasteiger charge is -2.38. The number of hydrogen-bond donors (Lipinski definition) is 0. The summed E-state index contributed by atoms with van der Waals surface area (Å²) in [6.07, 6.45) is 0.465. The molecule has 1 rings (SSSR count). The molecule has 86 valence electrons. The fourth-order valence-corrected chi connectivity index (χ4v) is 2.06. The Morgan fingerprint density at radius 3 is 1.71 bits per heavy atom. The number of hydrogen-bond acceptors (Lipinski definition) is 0. The fraction of sp³-hybridized carbons (Fsp3) is 1.00. The van der Waals surface area contributed by atoms with Gasteiger partial charge in [-0.3, -0.25) is 4.70 Å². The molecule has 0 heterocycles. The van der Waals surface area contributed by atoms with Crippen LogP contribution in [0.5, 0.6) is 0 Å². The van der Waals surface area contributed by atoms with Crippen LogP contribution in [0, 0.1) is 11.3 Å². The van der Waals surface area contributed by atoms with Gasteiger partial charge in [-0.25, -0.2) is 0 Å². The van der Waals surface area contributed by atoms with Crippen LogP contribution in [0.4, 0.5) is 17.9 Å². The first-order valence-electron chi connectivity index (χ1n) is 4.92. The van der Waals surface area contributed by atoms with Gasteiger partial charge in [0, 0.05) is 0 Å². The van der Waals surface area contributed by atoms with Crippen molar-refractivity contribution < 1.29 is 17.9 Å². The summed E-state index contributed by atoms with van der Waals surface area (Å²) in [4.78, 5) is 0. The first kappa shape index (κ1) is 13.7. The van der Waals surface area contributed by atoms with E-state index in [1.165, 1.54) is 13.8 Å². The van der Waals surface area contributed by atoms with Crippen molar-refractivity contribution in [3.8, 4) is 0 Å². The Morgan fingerprint density at radius 1 is 0.929 bits per heavy atom. The average molecular weight is 214 g/mol. The van der Waals surface area contributed by atoms with Crippen molar-refractivity contribution >= 4 is 0 Å². The second-order valence-corrected chi connectivity index (χ2v) is 4.55. The molecule has 1 fully saturated rings. The number of alkyl halides is 3. The van der Waals surface area contributed by atoms with Crippen LogP contribution in [-0.2, 0) is 0 Å². The maximum Gasteiger partial charge on any atom is 0.394 e. The smallest absolute Gasteiger partial charge is 0.269 e. The normalized spacial score (nSPS) is 20.4. The van der Waals surface area contributed by atoms with Gasteiger partial charge >= 0.3 is 6.18 Å². The average Bonchev–Trinajstić information content (AvgIpc) is 2.04. The van der Waals surface area contributed by atoms with Gasteiger partial charge in [-0.15, -0.1) is 0 Å². The minimum absolute atomic E-state index is 0. The molecule has 0 unspecified atom stereocenters. The van der Waals surface area contributed by atoms with E-state index in [4.69, 9.17) is 0 Å². The van der Waals surface area contributed by atoms with E-state index in [9.17, 15) is 13.2 Å². The Labute approximate surface area is 82.2 Å². The molecule has 0 amide bonds. The highest BCUT2D eigenvalue weighted by atomic mass is 19.4. The molecule has 0 aromatic carbocycles. The van der Waals surface area contributed by atoms with Gasteiger partial charge in [-0.05, 0) is 18.8 Å². The van der Waals surface area contributed by atoms with Crippen molar-refractivity contribution in [3.63, 3.8) is 0 Å². The van der Waals surface area contributed by atoms with E-state index in [0.29, 0.717) is 0 Å². The quantitative estimate of drug-likeness (QED) is 0.570. The lowest BCUT2D eigenvalue weighted by Crippen LogP contribution is -2.40. The van der Waals surface area contributed by atoms with E-state index in [2.05, 4.69) is 0 Å². The molecule has 0 N–H and O–H groups in total. The van der Waals surface area contributed by atoms with Gasteiger partial charge in [0.05, 0.1) is 5.41 Å². The minimum atomic E-state index is -4.05. The molecule has 0 radical (unpaired) electrons. The lowest BCUT2D eigenvalue weighted by atomic mass is 9.71. The van der Waals surface area contributed by atoms with Crippen molar-refractivity contribution in [2.45, 2.75) is 52.1 Å². The molecule has 14 heavy (non-hydrogen) atoms. The zero-order chi connectivity index (χ0) is 10.1. The number of rotatable bonds is 1. The predicted molar refractivity (Wildman–Crippen MR) is 48.9 cm³/mol. The summed E-state index contributed by atoms with van der Waals surface area (Å²) < 4.78 is 37.9. The molecule has 0 bridgehead atoms. The minimum Gasteiger partial charge on any atom is -0.269 e. The predicted octanol–water partition coefficient (Wildman–Crippen LogP) is 4.31. The lowest BCUT2D eigenvalue weighted by molar-refractivity contribution is -0.232. The third-order valence-electron chi connectivity index (χ3n) is 3.36. The molecule has 0 aromatic rings. The van der Waals surface area contributed by atoms with Crippen LogP contribution >= 0.6 is 0 Å². The highest BCUT2D eigenvalue weighted by Crippen LogP contribution is 2.48. The first-order chi connectivity index (χ1) is 5.86. The second kappa shape index (κ2) is 4.49. The fourth-order valence-electron chi connectivity index (χ4n) is 2.06. The molecule has 0 spiro atoms. The van der Waals surface area contributed by atoms with Crippen LogP contribution in [0.25, 0.3) is 0 Å². The van der Waals surface area contributed by atoms with Crippen molar-refractivity contribution in [1.82, 2.24) is 0 Å². The summed E-state index contributed by atoms with van der Waals surface area (Å²) in [5.41, 5.74) is -1.49. The van der Waals surface area contributed by atoms with Crippen LogP contribution < -0.4 is 0 Å². The standard InChI is InChI=1S/C10H17F3.FH/c1-9(2,10(11,12)13)8-6-4-3-5-7-8;/h8H,3-7H2,1-2H3;1H. The van der Waals surface area contributed by atoms with Crippen LogP contribution in [0.3, 0.4) is 0 Å². The molecule has 0 aliphatic heterocycles. The van der Waals surface area contributed by atoms with Crippen molar-refractivity contribution in [2.75, 3.05) is 0 Å². The van der Waals surface area contributed by atoms with E-state index >= 15 is 0 Å². The van der Waals surface area contributed by atoms with Gasteiger partial charge in [0.1, 0.15) is 0 Å². The first-order valence-corrected chi connectivity index (χ1v) is 4.92. The Morgan fingerprint density at radius 2 is 1.36 bits per heavy atom. The van der Waals surface area contributed by atoms with Gasteiger partial charge in [0.2, 0.25) is 0 Å². The van der Waals surface area contributed by atoms with E-state index in [1.54, 1.807) is 0 Å². The zero-order valence-electron chi connectivity index (χ0n) is 8.66. The van der Waals surface area contributed by atoms with Crippen LogP contribution in [0.15, 0.2) is 0 Å². The van der Waals surface area contributed by atoms with Crippen molar-refractivity contribution in [1.29, 1.82) is 0 Å². The van der Waals surface area contributed by atoms with Crippen molar-refractivity contribution in [2.24, 2.45) is 11.3 Å². The van der Waals surface area contributed by atoms with E-state index in [1.807, 2.05) is 0 Å².